The summed E-state index contributed by atoms with van der Waals surface area (Å²) in [7, 11) is 0. The number of likely N-dealkylation sites (tertiary alicyclic amines) is 1. The normalized spacial score (nSPS) is 18.0. The van der Waals surface area contributed by atoms with E-state index in [9.17, 15) is 9.59 Å². The number of amides is 2. The van der Waals surface area contributed by atoms with E-state index < -0.39 is 0 Å². The van der Waals surface area contributed by atoms with Gasteiger partial charge in [-0.1, -0.05) is 11.6 Å². The summed E-state index contributed by atoms with van der Waals surface area (Å²) in [6.45, 7) is 6.66. The molecular formula is C18H21ClN2O3. The third kappa shape index (κ3) is 3.13. The van der Waals surface area contributed by atoms with E-state index in [1.165, 1.54) is 0 Å². The zero-order valence-corrected chi connectivity index (χ0v) is 14.9. The highest BCUT2D eigenvalue weighted by Gasteiger charge is 2.26. The molecule has 6 heteroatoms. The van der Waals surface area contributed by atoms with E-state index >= 15 is 0 Å². The maximum Gasteiger partial charge on any atom is 0.287 e. The van der Waals surface area contributed by atoms with Crippen LogP contribution in [-0.4, -0.2) is 35.8 Å². The highest BCUT2D eigenvalue weighted by Crippen LogP contribution is 2.32. The van der Waals surface area contributed by atoms with Gasteiger partial charge in [-0.25, -0.2) is 0 Å². The molecule has 1 fully saturated rings. The number of hydrogen-bond acceptors (Lipinski definition) is 3. The fourth-order valence-electron chi connectivity index (χ4n) is 3.26. The molecule has 0 unspecified atom stereocenters. The molecule has 5 nitrogen and oxygen atoms in total. The summed E-state index contributed by atoms with van der Waals surface area (Å²) >= 11 is 6.23. The van der Waals surface area contributed by atoms with E-state index in [2.05, 4.69) is 5.32 Å². The fraction of sp³-hybridized carbons (Fsp3) is 0.444. The van der Waals surface area contributed by atoms with Crippen LogP contribution in [0.2, 0.25) is 5.02 Å². The van der Waals surface area contributed by atoms with Crippen LogP contribution in [0.5, 0.6) is 0 Å². The Kier molecular flexibility index (Phi) is 4.54. The van der Waals surface area contributed by atoms with Crippen molar-refractivity contribution in [1.29, 1.82) is 0 Å². The molecule has 1 saturated heterocycles. The van der Waals surface area contributed by atoms with Crippen molar-refractivity contribution in [2.45, 2.75) is 39.7 Å². The molecule has 1 aliphatic heterocycles. The number of aryl methyl sites for hydroxylation is 2. The van der Waals surface area contributed by atoms with E-state index in [1.54, 1.807) is 11.8 Å². The Morgan fingerprint density at radius 2 is 2.08 bits per heavy atom. The molecule has 2 heterocycles. The average molecular weight is 349 g/mol. The Labute approximate surface area is 145 Å². The molecular weight excluding hydrogens is 328 g/mol. The van der Waals surface area contributed by atoms with Gasteiger partial charge in [0.2, 0.25) is 5.91 Å². The molecule has 2 aromatic rings. The second-order valence-corrected chi connectivity index (χ2v) is 6.86. The minimum absolute atomic E-state index is 0.0381. The van der Waals surface area contributed by atoms with Gasteiger partial charge >= 0.3 is 0 Å². The lowest BCUT2D eigenvalue weighted by Gasteiger charge is -2.32. The van der Waals surface area contributed by atoms with Crippen LogP contribution in [0.1, 0.15) is 41.4 Å². The number of fused-ring (bicyclic) bond motifs is 1. The number of hydrogen-bond donors (Lipinski definition) is 1. The van der Waals surface area contributed by atoms with Gasteiger partial charge in [0.25, 0.3) is 5.91 Å². The van der Waals surface area contributed by atoms with Gasteiger partial charge < -0.3 is 14.6 Å². The number of nitrogens with zero attached hydrogens (tertiary/aromatic N) is 1. The third-order valence-electron chi connectivity index (χ3n) is 4.54. The zero-order chi connectivity index (χ0) is 17.4. The summed E-state index contributed by atoms with van der Waals surface area (Å²) in [5, 5.41) is 4.35. The van der Waals surface area contributed by atoms with E-state index in [-0.39, 0.29) is 23.6 Å². The summed E-state index contributed by atoms with van der Waals surface area (Å²) in [4.78, 5) is 25.9. The number of carbonyl (C=O) groups excluding carboxylic acids is 2. The number of halogens is 1. The Bertz CT molecular complexity index is 812. The molecule has 1 aromatic carbocycles. The first kappa shape index (κ1) is 16.8. The van der Waals surface area contributed by atoms with Crippen molar-refractivity contribution in [3.8, 4) is 0 Å². The van der Waals surface area contributed by atoms with E-state index in [0.717, 1.165) is 35.9 Å². The largest absolute Gasteiger partial charge is 0.449 e. The number of furan rings is 1. The predicted octanol–water partition coefficient (Wildman–Crippen LogP) is 3.44. The number of rotatable bonds is 2. The Morgan fingerprint density at radius 1 is 1.33 bits per heavy atom. The quantitative estimate of drug-likeness (QED) is 0.904. The van der Waals surface area contributed by atoms with Crippen LogP contribution in [0.4, 0.5) is 0 Å². The minimum atomic E-state index is -0.257. The van der Waals surface area contributed by atoms with Crippen molar-refractivity contribution in [2.75, 3.05) is 13.1 Å². The van der Waals surface area contributed by atoms with E-state index in [1.807, 2.05) is 26.0 Å². The highest BCUT2D eigenvalue weighted by molar-refractivity contribution is 6.35. The monoisotopic (exact) mass is 348 g/mol. The first-order chi connectivity index (χ1) is 11.4. The molecule has 24 heavy (non-hydrogen) atoms. The number of nitrogens with one attached hydrogen (secondary N) is 1. The van der Waals surface area contributed by atoms with Gasteiger partial charge in [-0.05, 0) is 44.4 Å². The molecule has 0 spiro atoms. The number of piperidine rings is 1. The van der Waals surface area contributed by atoms with Crippen LogP contribution in [-0.2, 0) is 4.79 Å². The lowest BCUT2D eigenvalue weighted by molar-refractivity contribution is -0.130. The van der Waals surface area contributed by atoms with Gasteiger partial charge in [0, 0.05) is 37.0 Å². The summed E-state index contributed by atoms with van der Waals surface area (Å²) in [5.74, 6) is 0.0707. The van der Waals surface area contributed by atoms with Crippen molar-refractivity contribution in [3.05, 3.63) is 34.0 Å². The van der Waals surface area contributed by atoms with Gasteiger partial charge in [-0.3, -0.25) is 9.59 Å². The molecule has 1 aliphatic rings. The first-order valence-corrected chi connectivity index (χ1v) is 8.50. The van der Waals surface area contributed by atoms with Gasteiger partial charge in [0.05, 0.1) is 5.02 Å². The van der Waals surface area contributed by atoms with Crippen molar-refractivity contribution in [1.82, 2.24) is 10.2 Å². The predicted molar refractivity (Wildman–Crippen MR) is 93.4 cm³/mol. The second kappa shape index (κ2) is 6.48. The average Bonchev–Trinajstić information content (AvgIpc) is 2.85. The molecule has 2 amide bonds. The van der Waals surface area contributed by atoms with Crippen LogP contribution in [0.3, 0.4) is 0 Å². The van der Waals surface area contributed by atoms with Gasteiger partial charge in [0.1, 0.15) is 0 Å². The van der Waals surface area contributed by atoms with Gasteiger partial charge in [-0.15, -0.1) is 0 Å². The van der Waals surface area contributed by atoms with Gasteiger partial charge in [-0.2, -0.15) is 0 Å². The molecule has 0 radical (unpaired) electrons. The maximum absolute atomic E-state index is 12.6. The number of benzene rings is 1. The smallest absolute Gasteiger partial charge is 0.287 e. The SMILES string of the molecule is CC(=O)N1CCC[C@@H](NC(=O)c2oc3c(Cl)cc(C)cc3c2C)C1. The van der Waals surface area contributed by atoms with E-state index in [4.69, 9.17) is 16.0 Å². The first-order valence-electron chi connectivity index (χ1n) is 8.12. The summed E-state index contributed by atoms with van der Waals surface area (Å²) in [6, 6.07) is 3.73. The van der Waals surface area contributed by atoms with Crippen molar-refractivity contribution >= 4 is 34.4 Å². The minimum Gasteiger partial charge on any atom is -0.449 e. The molecule has 1 aromatic heterocycles. The number of carbonyl (C=O) groups is 2. The Morgan fingerprint density at radius 3 is 2.79 bits per heavy atom. The Balaban J connectivity index is 1.83. The lowest BCUT2D eigenvalue weighted by atomic mass is 10.0. The second-order valence-electron chi connectivity index (χ2n) is 6.46. The third-order valence-corrected chi connectivity index (χ3v) is 4.83. The summed E-state index contributed by atoms with van der Waals surface area (Å²) < 4.78 is 5.74. The topological polar surface area (TPSA) is 62.6 Å². The summed E-state index contributed by atoms with van der Waals surface area (Å²) in [6.07, 6.45) is 1.74. The standard InChI is InChI=1S/C18H21ClN2O3/c1-10-7-14-11(2)16(24-17(14)15(19)8-10)18(23)20-13-5-4-6-21(9-13)12(3)22/h7-8,13H,4-6,9H2,1-3H3,(H,20,23)/t13-/m1/s1. The van der Waals surface area contributed by atoms with Crippen LogP contribution >= 0.6 is 11.6 Å². The van der Waals surface area contributed by atoms with Crippen molar-refractivity contribution < 1.29 is 14.0 Å². The Hall–Kier alpha value is -2.01. The molecule has 128 valence electrons. The molecule has 3 rings (SSSR count). The van der Waals surface area contributed by atoms with Crippen LogP contribution < -0.4 is 5.32 Å². The van der Waals surface area contributed by atoms with Gasteiger partial charge in [0.15, 0.2) is 11.3 Å². The van der Waals surface area contributed by atoms with Crippen molar-refractivity contribution in [2.24, 2.45) is 0 Å². The molecule has 1 atom stereocenters. The summed E-state index contributed by atoms with van der Waals surface area (Å²) in [5.41, 5.74) is 2.35. The van der Waals surface area contributed by atoms with Crippen LogP contribution in [0, 0.1) is 13.8 Å². The lowest BCUT2D eigenvalue weighted by Crippen LogP contribution is -2.49. The highest BCUT2D eigenvalue weighted by atomic mass is 35.5. The van der Waals surface area contributed by atoms with Crippen molar-refractivity contribution in [3.63, 3.8) is 0 Å². The molecule has 1 N–H and O–H groups in total. The zero-order valence-electron chi connectivity index (χ0n) is 14.1. The molecule has 0 aliphatic carbocycles. The van der Waals surface area contributed by atoms with E-state index in [0.29, 0.717) is 17.2 Å². The van der Waals surface area contributed by atoms with Crippen LogP contribution in [0.15, 0.2) is 16.5 Å². The molecule has 0 bridgehead atoms. The van der Waals surface area contributed by atoms with Crippen LogP contribution in [0.25, 0.3) is 11.0 Å². The fourth-order valence-corrected chi connectivity index (χ4v) is 3.57. The maximum atomic E-state index is 12.6. The molecule has 0 saturated carbocycles.